The van der Waals surface area contributed by atoms with Crippen LogP contribution in [0.2, 0.25) is 5.02 Å². The molecule has 2 aromatic heterocycles. The fourth-order valence-corrected chi connectivity index (χ4v) is 3.03. The molecule has 4 rings (SSSR count). The van der Waals surface area contributed by atoms with E-state index in [2.05, 4.69) is 15.2 Å². The van der Waals surface area contributed by atoms with Crippen LogP contribution in [-0.2, 0) is 6.54 Å². The lowest BCUT2D eigenvalue weighted by Gasteiger charge is -2.11. The third-order valence-corrected chi connectivity index (χ3v) is 4.29. The van der Waals surface area contributed by atoms with Gasteiger partial charge in [0.25, 0.3) is 0 Å². The molecule has 3 aromatic rings. The van der Waals surface area contributed by atoms with Crippen molar-refractivity contribution >= 4 is 11.6 Å². The minimum Gasteiger partial charge on any atom is -0.496 e. The van der Waals surface area contributed by atoms with Crippen LogP contribution in [0.5, 0.6) is 11.6 Å². The first kappa shape index (κ1) is 15.0. The summed E-state index contributed by atoms with van der Waals surface area (Å²) in [4.78, 5) is 4.47. The normalized spacial score (nSPS) is 12.8. The number of nitrogens with zero attached hydrogens (tertiary/aromatic N) is 4. The van der Waals surface area contributed by atoms with Crippen LogP contribution in [-0.4, -0.2) is 33.5 Å². The molecule has 0 unspecified atom stereocenters. The van der Waals surface area contributed by atoms with E-state index in [0.29, 0.717) is 24.1 Å². The van der Waals surface area contributed by atoms with Crippen molar-refractivity contribution in [1.82, 2.24) is 19.7 Å². The molecular formula is C17H15ClN4O2. The van der Waals surface area contributed by atoms with Gasteiger partial charge in [0.15, 0.2) is 5.82 Å². The highest BCUT2D eigenvalue weighted by molar-refractivity contribution is 6.31. The van der Waals surface area contributed by atoms with E-state index in [9.17, 15) is 0 Å². The van der Waals surface area contributed by atoms with Gasteiger partial charge in [0.05, 0.1) is 19.2 Å². The Morgan fingerprint density at radius 1 is 1.21 bits per heavy atom. The summed E-state index contributed by atoms with van der Waals surface area (Å²) < 4.78 is 13.2. The maximum atomic E-state index is 6.15. The highest BCUT2D eigenvalue weighted by Crippen LogP contribution is 2.37. The largest absolute Gasteiger partial charge is 0.496 e. The average molecular weight is 343 g/mol. The number of aryl methyl sites for hydroxylation is 1. The van der Waals surface area contributed by atoms with Gasteiger partial charge in [-0.05, 0) is 31.2 Å². The monoisotopic (exact) mass is 342 g/mol. The molecule has 0 fully saturated rings. The van der Waals surface area contributed by atoms with Gasteiger partial charge >= 0.3 is 0 Å². The summed E-state index contributed by atoms with van der Waals surface area (Å²) in [5.41, 5.74) is 2.56. The standard InChI is InChI=1S/C17H15ClN4O2/c1-10-20-21-16-14-7-11(9-19-17(14)24-6-5-22(10)16)13-8-12(18)3-4-15(13)23-2/h3-4,7-9H,5-6H2,1-2H3. The molecule has 0 spiro atoms. The van der Waals surface area contributed by atoms with Crippen molar-refractivity contribution in [2.24, 2.45) is 0 Å². The molecule has 24 heavy (non-hydrogen) atoms. The Kier molecular flexibility index (Phi) is 3.61. The molecule has 0 saturated heterocycles. The Hall–Kier alpha value is -2.60. The molecule has 1 aliphatic rings. The predicted molar refractivity (Wildman–Crippen MR) is 90.5 cm³/mol. The second-order valence-corrected chi connectivity index (χ2v) is 5.93. The molecule has 122 valence electrons. The van der Waals surface area contributed by atoms with Crippen LogP contribution in [0.4, 0.5) is 0 Å². The summed E-state index contributed by atoms with van der Waals surface area (Å²) in [7, 11) is 1.63. The second-order valence-electron chi connectivity index (χ2n) is 5.49. The molecule has 0 saturated carbocycles. The van der Waals surface area contributed by atoms with Crippen molar-refractivity contribution in [2.75, 3.05) is 13.7 Å². The molecular weight excluding hydrogens is 328 g/mol. The van der Waals surface area contributed by atoms with E-state index in [4.69, 9.17) is 21.1 Å². The van der Waals surface area contributed by atoms with Crippen LogP contribution in [0.15, 0.2) is 30.5 Å². The summed E-state index contributed by atoms with van der Waals surface area (Å²) in [6, 6.07) is 7.48. The van der Waals surface area contributed by atoms with Crippen LogP contribution in [0.1, 0.15) is 5.82 Å². The Balaban J connectivity index is 1.91. The van der Waals surface area contributed by atoms with E-state index in [1.807, 2.05) is 29.7 Å². The number of halogens is 1. The molecule has 0 amide bonds. The van der Waals surface area contributed by atoms with E-state index >= 15 is 0 Å². The fraction of sp³-hybridized carbons (Fsp3) is 0.235. The highest BCUT2D eigenvalue weighted by Gasteiger charge is 2.21. The van der Waals surface area contributed by atoms with Crippen molar-refractivity contribution in [3.05, 3.63) is 41.3 Å². The number of fused-ring (bicyclic) bond motifs is 3. The zero-order valence-corrected chi connectivity index (χ0v) is 14.0. The van der Waals surface area contributed by atoms with Gasteiger partial charge in [-0.1, -0.05) is 11.6 Å². The van der Waals surface area contributed by atoms with E-state index in [1.54, 1.807) is 19.4 Å². The lowest BCUT2D eigenvalue weighted by atomic mass is 10.0. The van der Waals surface area contributed by atoms with E-state index in [-0.39, 0.29) is 0 Å². The van der Waals surface area contributed by atoms with Gasteiger partial charge in [-0.15, -0.1) is 10.2 Å². The van der Waals surface area contributed by atoms with Gasteiger partial charge in [-0.2, -0.15) is 0 Å². The summed E-state index contributed by atoms with van der Waals surface area (Å²) in [6.45, 7) is 3.16. The topological polar surface area (TPSA) is 62.1 Å². The van der Waals surface area contributed by atoms with Gasteiger partial charge in [0.1, 0.15) is 18.2 Å². The molecule has 1 aromatic carbocycles. The van der Waals surface area contributed by atoms with Gasteiger partial charge in [0.2, 0.25) is 5.88 Å². The minimum atomic E-state index is 0.533. The van der Waals surface area contributed by atoms with E-state index in [1.165, 1.54) is 0 Å². The molecule has 1 aliphatic heterocycles. The minimum absolute atomic E-state index is 0.533. The first-order valence-electron chi connectivity index (χ1n) is 7.54. The summed E-state index contributed by atoms with van der Waals surface area (Å²) in [5.74, 6) is 2.90. The van der Waals surface area contributed by atoms with Crippen molar-refractivity contribution in [3.63, 3.8) is 0 Å². The molecule has 7 heteroatoms. The Labute approximate surface area is 144 Å². The van der Waals surface area contributed by atoms with Crippen LogP contribution >= 0.6 is 11.6 Å². The van der Waals surface area contributed by atoms with Crippen molar-refractivity contribution in [1.29, 1.82) is 0 Å². The number of hydrogen-bond donors (Lipinski definition) is 0. The first-order valence-corrected chi connectivity index (χ1v) is 7.92. The van der Waals surface area contributed by atoms with Gasteiger partial charge in [-0.25, -0.2) is 4.98 Å². The maximum absolute atomic E-state index is 6.15. The molecule has 0 aliphatic carbocycles. The summed E-state index contributed by atoms with van der Waals surface area (Å²) in [5, 5.41) is 9.10. The Bertz CT molecular complexity index is 923. The lowest BCUT2D eigenvalue weighted by molar-refractivity contribution is 0.294. The number of rotatable bonds is 2. The van der Waals surface area contributed by atoms with Crippen LogP contribution in [0.3, 0.4) is 0 Å². The highest BCUT2D eigenvalue weighted by atomic mass is 35.5. The molecule has 3 heterocycles. The Morgan fingerprint density at radius 3 is 2.92 bits per heavy atom. The lowest BCUT2D eigenvalue weighted by Crippen LogP contribution is -2.07. The van der Waals surface area contributed by atoms with E-state index in [0.717, 1.165) is 34.1 Å². The van der Waals surface area contributed by atoms with Gasteiger partial charge < -0.3 is 14.0 Å². The van der Waals surface area contributed by atoms with Crippen LogP contribution in [0.25, 0.3) is 22.5 Å². The molecule has 6 nitrogen and oxygen atoms in total. The number of methoxy groups -OCH3 is 1. The number of benzene rings is 1. The second kappa shape index (κ2) is 5.79. The summed E-state index contributed by atoms with van der Waals surface area (Å²) in [6.07, 6.45) is 1.76. The third-order valence-electron chi connectivity index (χ3n) is 4.05. The maximum Gasteiger partial charge on any atom is 0.224 e. The fourth-order valence-electron chi connectivity index (χ4n) is 2.86. The van der Waals surface area contributed by atoms with Crippen molar-refractivity contribution in [2.45, 2.75) is 13.5 Å². The number of hydrogen-bond acceptors (Lipinski definition) is 5. The zero-order chi connectivity index (χ0) is 16.7. The summed E-state index contributed by atoms with van der Waals surface area (Å²) >= 11 is 6.15. The first-order chi connectivity index (χ1) is 11.7. The van der Waals surface area contributed by atoms with E-state index < -0.39 is 0 Å². The van der Waals surface area contributed by atoms with Gasteiger partial charge in [-0.3, -0.25) is 0 Å². The Morgan fingerprint density at radius 2 is 2.08 bits per heavy atom. The molecule has 0 atom stereocenters. The average Bonchev–Trinajstić information content (AvgIpc) is 2.86. The quantitative estimate of drug-likeness (QED) is 0.714. The van der Waals surface area contributed by atoms with Crippen molar-refractivity contribution < 1.29 is 9.47 Å². The number of ether oxygens (including phenoxy) is 2. The number of pyridine rings is 1. The van der Waals surface area contributed by atoms with Crippen LogP contribution < -0.4 is 9.47 Å². The molecule has 0 radical (unpaired) electrons. The third kappa shape index (κ3) is 2.39. The molecule has 0 bridgehead atoms. The SMILES string of the molecule is COc1ccc(Cl)cc1-c1cnc2c(c1)-c1nnc(C)n1CCO2. The zero-order valence-electron chi connectivity index (χ0n) is 13.3. The van der Waals surface area contributed by atoms with Crippen LogP contribution in [0, 0.1) is 6.92 Å². The predicted octanol–water partition coefficient (Wildman–Crippen LogP) is 3.37. The number of aromatic nitrogens is 4. The molecule has 0 N–H and O–H groups in total. The van der Waals surface area contributed by atoms with Gasteiger partial charge in [0, 0.05) is 22.3 Å². The van der Waals surface area contributed by atoms with Crippen molar-refractivity contribution in [3.8, 4) is 34.1 Å². The smallest absolute Gasteiger partial charge is 0.224 e.